The molecule has 2 aromatic rings. The molecular weight excluding hydrogens is 404 g/mol. The first-order valence-corrected chi connectivity index (χ1v) is 10.9. The van der Waals surface area contributed by atoms with Gasteiger partial charge >= 0.3 is 5.63 Å². The molecule has 0 aliphatic rings. The zero-order chi connectivity index (χ0) is 21.2. The molecule has 0 spiro atoms. The average Bonchev–Trinajstić information content (AvgIpc) is 2.70. The second-order valence-corrected chi connectivity index (χ2v) is 7.73. The van der Waals surface area contributed by atoms with Crippen molar-refractivity contribution in [2.75, 3.05) is 26.2 Å². The monoisotopic (exact) mass is 438 g/mol. The van der Waals surface area contributed by atoms with Crippen molar-refractivity contribution in [2.24, 2.45) is 0 Å². The number of carbonyl (C=O) groups excluding carboxylic acids is 1. The summed E-state index contributed by atoms with van der Waals surface area (Å²) in [5, 5.41) is 13.6. The van der Waals surface area contributed by atoms with Crippen molar-refractivity contribution in [1.82, 2.24) is 5.32 Å². The normalized spacial score (nSPS) is 10.9. The third kappa shape index (κ3) is 7.03. The molecular formula is C23H35ClN2O4. The number of carbonyl (C=O) groups is 1. The topological polar surface area (TPSA) is 84.0 Å². The minimum atomic E-state index is -0.809. The molecule has 0 bridgehead atoms. The number of halogens is 1. The molecule has 0 atom stereocenters. The van der Waals surface area contributed by atoms with E-state index in [0.717, 1.165) is 24.9 Å². The smallest absolute Gasteiger partial charge is 0.353 e. The lowest BCUT2D eigenvalue weighted by Crippen LogP contribution is -3.12. The second kappa shape index (κ2) is 13.3. The summed E-state index contributed by atoms with van der Waals surface area (Å²) in [5.74, 6) is -0.895. The summed E-state index contributed by atoms with van der Waals surface area (Å²) in [6.45, 7) is 10.2. The average molecular weight is 439 g/mol. The van der Waals surface area contributed by atoms with Crippen molar-refractivity contribution >= 4 is 16.9 Å². The summed E-state index contributed by atoms with van der Waals surface area (Å²) in [6.07, 6.45) is 6.76. The maximum atomic E-state index is 12.5. The van der Waals surface area contributed by atoms with Gasteiger partial charge in [-0.15, -0.1) is 0 Å². The van der Waals surface area contributed by atoms with Crippen LogP contribution in [0.5, 0.6) is 5.75 Å². The number of fused-ring (bicyclic) bond motifs is 1. The van der Waals surface area contributed by atoms with Crippen LogP contribution >= 0.6 is 0 Å². The number of quaternary nitrogens is 1. The van der Waals surface area contributed by atoms with Gasteiger partial charge in [-0.25, -0.2) is 4.79 Å². The van der Waals surface area contributed by atoms with E-state index in [1.807, 2.05) is 0 Å². The molecule has 0 radical (unpaired) electrons. The number of amides is 1. The van der Waals surface area contributed by atoms with Gasteiger partial charge in [-0.2, -0.15) is 0 Å². The van der Waals surface area contributed by atoms with Crippen molar-refractivity contribution in [1.29, 1.82) is 0 Å². The van der Waals surface area contributed by atoms with Gasteiger partial charge in [0, 0.05) is 6.54 Å². The molecule has 2 rings (SSSR count). The largest absolute Gasteiger partial charge is 1.00 e. The SMILES string of the molecule is CCCC[NH+](CCCC)CCCCNC(=O)c1c(O)c2cccc(C)c2oc1=O.[Cl-]. The molecule has 7 heteroatoms. The second-order valence-electron chi connectivity index (χ2n) is 7.73. The van der Waals surface area contributed by atoms with Crippen molar-refractivity contribution in [3.8, 4) is 5.75 Å². The number of benzene rings is 1. The summed E-state index contributed by atoms with van der Waals surface area (Å²) in [5.41, 5.74) is -0.0772. The fraction of sp³-hybridized carbons (Fsp3) is 0.565. The van der Waals surface area contributed by atoms with Gasteiger partial charge < -0.3 is 32.1 Å². The lowest BCUT2D eigenvalue weighted by atomic mass is 10.1. The summed E-state index contributed by atoms with van der Waals surface area (Å²) in [6, 6.07) is 5.18. The number of hydrogen-bond donors (Lipinski definition) is 3. The Labute approximate surface area is 185 Å². The van der Waals surface area contributed by atoms with E-state index in [1.165, 1.54) is 38.8 Å². The molecule has 0 aliphatic heterocycles. The molecule has 1 aromatic carbocycles. The van der Waals surface area contributed by atoms with E-state index in [9.17, 15) is 14.7 Å². The van der Waals surface area contributed by atoms with Crippen LogP contribution in [0.25, 0.3) is 11.0 Å². The zero-order valence-corrected chi connectivity index (χ0v) is 19.1. The predicted octanol–water partition coefficient (Wildman–Crippen LogP) is -0.194. The third-order valence-electron chi connectivity index (χ3n) is 5.34. The van der Waals surface area contributed by atoms with Crippen LogP contribution in [0, 0.1) is 6.92 Å². The quantitative estimate of drug-likeness (QED) is 0.317. The lowest BCUT2D eigenvalue weighted by Gasteiger charge is -2.19. The minimum Gasteiger partial charge on any atom is -1.00 e. The van der Waals surface area contributed by atoms with E-state index in [-0.39, 0.29) is 23.7 Å². The van der Waals surface area contributed by atoms with E-state index < -0.39 is 11.5 Å². The number of hydrogen-bond acceptors (Lipinski definition) is 4. The fourth-order valence-corrected chi connectivity index (χ4v) is 3.57. The lowest BCUT2D eigenvalue weighted by molar-refractivity contribution is -0.900. The Kier molecular flexibility index (Phi) is 11.5. The molecule has 30 heavy (non-hydrogen) atoms. The Hall–Kier alpha value is -2.05. The van der Waals surface area contributed by atoms with Gasteiger partial charge in [0.15, 0.2) is 5.56 Å². The maximum absolute atomic E-state index is 12.5. The number of aromatic hydroxyl groups is 1. The van der Waals surface area contributed by atoms with Crippen LogP contribution in [0.4, 0.5) is 0 Å². The predicted molar refractivity (Wildman–Crippen MR) is 116 cm³/mol. The number of unbranched alkanes of at least 4 members (excludes halogenated alkanes) is 3. The first-order chi connectivity index (χ1) is 14.0. The minimum absolute atomic E-state index is 0. The van der Waals surface area contributed by atoms with Crippen molar-refractivity contribution in [3.05, 3.63) is 39.7 Å². The molecule has 0 aliphatic carbocycles. The highest BCUT2D eigenvalue weighted by Crippen LogP contribution is 2.28. The van der Waals surface area contributed by atoms with Gasteiger partial charge in [-0.1, -0.05) is 38.8 Å². The zero-order valence-electron chi connectivity index (χ0n) is 18.4. The molecule has 168 valence electrons. The molecule has 0 saturated carbocycles. The van der Waals surface area contributed by atoms with Gasteiger partial charge in [0.25, 0.3) is 5.91 Å². The van der Waals surface area contributed by atoms with Gasteiger partial charge in [-0.3, -0.25) is 4.79 Å². The highest BCUT2D eigenvalue weighted by Gasteiger charge is 2.21. The Morgan fingerprint density at radius 1 is 1.07 bits per heavy atom. The first kappa shape index (κ1) is 26.0. The Balaban J connectivity index is 0.00000450. The summed E-state index contributed by atoms with van der Waals surface area (Å²) in [7, 11) is 0. The van der Waals surface area contributed by atoms with E-state index in [2.05, 4.69) is 19.2 Å². The van der Waals surface area contributed by atoms with Crippen molar-refractivity contribution in [2.45, 2.75) is 59.3 Å². The summed E-state index contributed by atoms with van der Waals surface area (Å²) >= 11 is 0. The Morgan fingerprint density at radius 2 is 1.70 bits per heavy atom. The fourth-order valence-electron chi connectivity index (χ4n) is 3.57. The van der Waals surface area contributed by atoms with Crippen LogP contribution in [0.3, 0.4) is 0 Å². The molecule has 1 amide bonds. The molecule has 1 aromatic heterocycles. The van der Waals surface area contributed by atoms with Crippen molar-refractivity contribution in [3.63, 3.8) is 0 Å². The van der Waals surface area contributed by atoms with Gasteiger partial charge in [-0.05, 0) is 44.2 Å². The number of aryl methyl sites for hydroxylation is 1. The van der Waals surface area contributed by atoms with E-state index in [0.29, 0.717) is 17.5 Å². The molecule has 0 fully saturated rings. The van der Waals surface area contributed by atoms with E-state index in [1.54, 1.807) is 30.0 Å². The molecule has 3 N–H and O–H groups in total. The molecule has 6 nitrogen and oxygen atoms in total. The Morgan fingerprint density at radius 3 is 2.33 bits per heavy atom. The van der Waals surface area contributed by atoms with Crippen LogP contribution in [0.2, 0.25) is 0 Å². The molecule has 0 saturated heterocycles. The van der Waals surface area contributed by atoms with Crippen LogP contribution in [-0.2, 0) is 0 Å². The Bertz CT molecular complexity index is 858. The third-order valence-corrected chi connectivity index (χ3v) is 5.34. The van der Waals surface area contributed by atoms with Crippen molar-refractivity contribution < 1.29 is 31.6 Å². The van der Waals surface area contributed by atoms with Gasteiger partial charge in [0.2, 0.25) is 0 Å². The standard InChI is InChI=1S/C23H34N2O4.ClH/c1-4-6-14-25(15-7-5-2)16-9-8-13-24-22(27)19-20(26)18-12-10-11-17(3)21(18)29-23(19)28;/h10-12,26H,4-9,13-16H2,1-3H3,(H,24,27);1H. The van der Waals surface area contributed by atoms with E-state index >= 15 is 0 Å². The van der Waals surface area contributed by atoms with Crippen LogP contribution in [-0.4, -0.2) is 37.2 Å². The first-order valence-electron chi connectivity index (χ1n) is 10.9. The highest BCUT2D eigenvalue weighted by atomic mass is 35.5. The van der Waals surface area contributed by atoms with Gasteiger partial charge in [0.1, 0.15) is 11.3 Å². The number of rotatable bonds is 12. The molecule has 1 heterocycles. The van der Waals surface area contributed by atoms with Crippen LogP contribution in [0.15, 0.2) is 27.4 Å². The summed E-state index contributed by atoms with van der Waals surface area (Å²) in [4.78, 5) is 26.3. The number of nitrogens with one attached hydrogen (secondary N) is 2. The van der Waals surface area contributed by atoms with Gasteiger partial charge in [0.05, 0.1) is 25.0 Å². The summed E-state index contributed by atoms with van der Waals surface area (Å²) < 4.78 is 5.28. The number of para-hydroxylation sites is 1. The van der Waals surface area contributed by atoms with E-state index in [4.69, 9.17) is 4.42 Å². The van der Waals surface area contributed by atoms with Crippen LogP contribution in [0.1, 0.15) is 68.3 Å². The molecule has 0 unspecified atom stereocenters. The van der Waals surface area contributed by atoms with Crippen LogP contribution < -0.4 is 28.2 Å². The maximum Gasteiger partial charge on any atom is 0.353 e. The highest BCUT2D eigenvalue weighted by molar-refractivity contribution is 6.01.